The monoisotopic (exact) mass is 370 g/mol. The molecule has 0 fully saturated rings. The van der Waals surface area contributed by atoms with E-state index < -0.39 is 28.8 Å². The van der Waals surface area contributed by atoms with Gasteiger partial charge in [-0.05, 0) is 26.0 Å². The van der Waals surface area contributed by atoms with E-state index in [1.807, 2.05) is 0 Å². The molecule has 0 radical (unpaired) electrons. The molecule has 10 nitrogen and oxygen atoms in total. The van der Waals surface area contributed by atoms with E-state index >= 15 is 0 Å². The van der Waals surface area contributed by atoms with E-state index in [0.717, 1.165) is 18.2 Å². The highest BCUT2D eigenvalue weighted by Crippen LogP contribution is 2.47. The average Bonchev–Trinajstić information content (AvgIpc) is 3.05. The Balaban J connectivity index is 2.50. The fourth-order valence-electron chi connectivity index (χ4n) is 2.08. The fraction of sp³-hybridized carbons (Fsp3) is 0.286. The molecule has 134 valence electrons. The van der Waals surface area contributed by atoms with E-state index in [1.165, 1.54) is 12.1 Å². The van der Waals surface area contributed by atoms with Crippen molar-refractivity contribution in [3.63, 3.8) is 0 Å². The van der Waals surface area contributed by atoms with Crippen molar-refractivity contribution in [3.05, 3.63) is 50.6 Å². The minimum atomic E-state index is -3.67. The summed E-state index contributed by atoms with van der Waals surface area (Å²) in [5.74, 6) is 0.0708. The van der Waals surface area contributed by atoms with Crippen molar-refractivity contribution < 1.29 is 27.9 Å². The van der Waals surface area contributed by atoms with Crippen molar-refractivity contribution in [2.45, 2.75) is 13.8 Å². The largest absolute Gasteiger partial charge is 0.448 e. The molecule has 0 bridgehead atoms. The summed E-state index contributed by atoms with van der Waals surface area (Å²) < 4.78 is 28.4. The molecule has 2 aromatic rings. The minimum Gasteiger partial charge on any atom is -0.448 e. The molecule has 0 spiro atoms. The van der Waals surface area contributed by atoms with Crippen molar-refractivity contribution in [3.8, 4) is 11.3 Å². The number of nitro groups is 2. The number of hydrogen-bond acceptors (Lipinski definition) is 8. The number of rotatable bonds is 8. The Hall–Kier alpha value is -2.55. The second-order valence-corrected chi connectivity index (χ2v) is 6.68. The first kappa shape index (κ1) is 18.8. The van der Waals surface area contributed by atoms with Gasteiger partial charge in [0.2, 0.25) is 5.50 Å². The van der Waals surface area contributed by atoms with Crippen LogP contribution < -0.4 is 5.50 Å². The van der Waals surface area contributed by atoms with Crippen LogP contribution in [0.25, 0.3) is 11.3 Å². The molecule has 1 aromatic heterocycles. The van der Waals surface area contributed by atoms with E-state index in [-0.39, 0.29) is 30.0 Å². The molecule has 1 heterocycles. The Morgan fingerprint density at radius 1 is 1.00 bits per heavy atom. The van der Waals surface area contributed by atoms with Crippen LogP contribution in [0.3, 0.4) is 0 Å². The summed E-state index contributed by atoms with van der Waals surface area (Å²) in [7, 11) is -3.67. The van der Waals surface area contributed by atoms with Gasteiger partial charge in [-0.15, -0.1) is 0 Å². The molecule has 2 rings (SSSR count). The van der Waals surface area contributed by atoms with Gasteiger partial charge in [-0.1, -0.05) is 0 Å². The highest BCUT2D eigenvalue weighted by Gasteiger charge is 2.31. The maximum absolute atomic E-state index is 12.7. The van der Waals surface area contributed by atoms with Crippen LogP contribution in [-0.4, -0.2) is 23.1 Å². The smallest absolute Gasteiger partial charge is 0.396 e. The summed E-state index contributed by atoms with van der Waals surface area (Å²) in [6, 6.07) is 5.84. The minimum absolute atomic E-state index is 0.0708. The Morgan fingerprint density at radius 3 is 1.96 bits per heavy atom. The van der Waals surface area contributed by atoms with Crippen molar-refractivity contribution >= 4 is 24.5 Å². The molecule has 0 saturated carbocycles. The van der Waals surface area contributed by atoms with Gasteiger partial charge in [-0.3, -0.25) is 24.8 Å². The third kappa shape index (κ3) is 4.11. The third-order valence-electron chi connectivity index (χ3n) is 3.07. The van der Waals surface area contributed by atoms with Crippen LogP contribution in [0.15, 0.2) is 34.7 Å². The second-order valence-electron chi connectivity index (χ2n) is 4.72. The van der Waals surface area contributed by atoms with Crippen LogP contribution in [0.5, 0.6) is 0 Å². The number of furan rings is 1. The maximum Gasteiger partial charge on any atom is 0.396 e. The van der Waals surface area contributed by atoms with Gasteiger partial charge in [0.25, 0.3) is 11.4 Å². The van der Waals surface area contributed by atoms with Crippen molar-refractivity contribution in [1.82, 2.24) is 0 Å². The second kappa shape index (κ2) is 7.56. The molecule has 0 unspecified atom stereocenters. The molecule has 0 aliphatic rings. The lowest BCUT2D eigenvalue weighted by molar-refractivity contribution is -0.394. The van der Waals surface area contributed by atoms with Gasteiger partial charge >= 0.3 is 7.60 Å². The number of benzene rings is 1. The molecule has 0 atom stereocenters. The van der Waals surface area contributed by atoms with Crippen LogP contribution in [0.4, 0.5) is 11.4 Å². The van der Waals surface area contributed by atoms with Gasteiger partial charge in [-0.2, -0.15) is 0 Å². The van der Waals surface area contributed by atoms with Crippen LogP contribution in [0.2, 0.25) is 0 Å². The summed E-state index contributed by atoms with van der Waals surface area (Å²) in [6.07, 6.45) is 0. The number of non-ortho nitro benzene ring substituents is 2. The maximum atomic E-state index is 12.7. The zero-order chi connectivity index (χ0) is 18.6. The molecule has 0 saturated heterocycles. The molecular weight excluding hydrogens is 355 g/mol. The Kier molecular flexibility index (Phi) is 5.68. The summed E-state index contributed by atoms with van der Waals surface area (Å²) in [4.78, 5) is 20.4. The number of hydrogen-bond donors (Lipinski definition) is 0. The Bertz CT molecular complexity index is 805. The predicted molar refractivity (Wildman–Crippen MR) is 87.9 cm³/mol. The first-order chi connectivity index (χ1) is 11.8. The first-order valence-corrected chi connectivity index (χ1v) is 8.78. The van der Waals surface area contributed by atoms with Crippen LogP contribution in [0.1, 0.15) is 13.8 Å². The third-order valence-corrected chi connectivity index (χ3v) is 5.04. The highest BCUT2D eigenvalue weighted by atomic mass is 31.2. The van der Waals surface area contributed by atoms with Gasteiger partial charge in [0.15, 0.2) is 0 Å². The molecule has 0 aliphatic carbocycles. The van der Waals surface area contributed by atoms with Gasteiger partial charge in [0, 0.05) is 17.7 Å². The number of nitrogens with zero attached hydrogens (tertiary/aromatic N) is 2. The van der Waals surface area contributed by atoms with Gasteiger partial charge in [-0.25, -0.2) is 0 Å². The van der Waals surface area contributed by atoms with Crippen LogP contribution >= 0.6 is 7.60 Å². The molecular formula is C14H15N2O8P. The van der Waals surface area contributed by atoms with E-state index in [4.69, 9.17) is 13.5 Å². The first-order valence-electron chi connectivity index (χ1n) is 7.24. The molecule has 11 heteroatoms. The SMILES string of the molecule is CCOP(=O)(OCC)c1ccc(-c2cc([N+](=O)[O-])cc([N+](=O)[O-])c2)o1. The quantitative estimate of drug-likeness (QED) is 0.390. The van der Waals surface area contributed by atoms with E-state index in [1.54, 1.807) is 13.8 Å². The van der Waals surface area contributed by atoms with E-state index in [9.17, 15) is 24.8 Å². The summed E-state index contributed by atoms with van der Waals surface area (Å²) in [5.41, 5.74) is -0.896. The van der Waals surface area contributed by atoms with Gasteiger partial charge < -0.3 is 13.5 Å². The number of nitro benzene ring substituents is 2. The van der Waals surface area contributed by atoms with Gasteiger partial charge in [0.1, 0.15) is 5.76 Å². The summed E-state index contributed by atoms with van der Waals surface area (Å²) >= 11 is 0. The topological polar surface area (TPSA) is 135 Å². The normalized spacial score (nSPS) is 11.4. The Morgan fingerprint density at radius 2 is 1.52 bits per heavy atom. The van der Waals surface area contributed by atoms with Crippen LogP contribution in [0, 0.1) is 20.2 Å². The van der Waals surface area contributed by atoms with Crippen LogP contribution in [-0.2, 0) is 13.6 Å². The highest BCUT2D eigenvalue weighted by molar-refractivity contribution is 7.61. The summed E-state index contributed by atoms with van der Waals surface area (Å²) in [5, 5.41) is 21.9. The summed E-state index contributed by atoms with van der Waals surface area (Å²) in [6.45, 7) is 3.52. The van der Waals surface area contributed by atoms with E-state index in [0.29, 0.717) is 0 Å². The van der Waals surface area contributed by atoms with Gasteiger partial charge in [0.05, 0.1) is 29.1 Å². The zero-order valence-corrected chi connectivity index (χ0v) is 14.3. The zero-order valence-electron chi connectivity index (χ0n) is 13.4. The standard InChI is InChI=1S/C14H15N2O8P/c1-3-22-25(21,23-4-2)14-6-5-13(24-14)10-7-11(15(17)18)9-12(8-10)16(19)20/h5-9H,3-4H2,1-2H3. The lowest BCUT2D eigenvalue weighted by Crippen LogP contribution is -2.08. The molecule has 0 aliphatic heterocycles. The molecule has 25 heavy (non-hydrogen) atoms. The molecule has 1 aromatic carbocycles. The Labute approximate surface area is 142 Å². The molecule has 0 amide bonds. The van der Waals surface area contributed by atoms with Crippen molar-refractivity contribution in [2.75, 3.05) is 13.2 Å². The molecule has 0 N–H and O–H groups in total. The lowest BCUT2D eigenvalue weighted by Gasteiger charge is -2.13. The lowest BCUT2D eigenvalue weighted by atomic mass is 10.1. The average molecular weight is 370 g/mol. The van der Waals surface area contributed by atoms with Crippen molar-refractivity contribution in [2.24, 2.45) is 0 Å². The fourth-order valence-corrected chi connectivity index (χ4v) is 3.56. The van der Waals surface area contributed by atoms with Crippen molar-refractivity contribution in [1.29, 1.82) is 0 Å². The predicted octanol–water partition coefficient (Wildman–Crippen LogP) is 3.65. The van der Waals surface area contributed by atoms with E-state index in [2.05, 4.69) is 0 Å².